The van der Waals surface area contributed by atoms with Gasteiger partial charge in [0.25, 0.3) is 0 Å². The first-order chi connectivity index (χ1) is 27.2. The molecule has 3 aromatic rings. The number of aryl methyl sites for hydroxylation is 1. The van der Waals surface area contributed by atoms with Crippen LogP contribution in [0.15, 0.2) is 36.4 Å². The van der Waals surface area contributed by atoms with Gasteiger partial charge in [-0.1, -0.05) is 23.7 Å². The lowest BCUT2D eigenvalue weighted by molar-refractivity contribution is -0.134. The molecule has 4 amide bonds. The summed E-state index contributed by atoms with van der Waals surface area (Å²) in [6.45, 7) is 11.5. The van der Waals surface area contributed by atoms with Crippen molar-refractivity contribution in [3.63, 3.8) is 0 Å². The van der Waals surface area contributed by atoms with Gasteiger partial charge in [-0.25, -0.2) is 0 Å². The number of rotatable bonds is 10. The second-order valence-electron chi connectivity index (χ2n) is 16.5. The second kappa shape index (κ2) is 16.7. The molecular weight excluding hydrogens is 766 g/mol. The number of aromatic nitrogens is 2. The molecule has 0 bridgehead atoms. The lowest BCUT2D eigenvalue weighted by Gasteiger charge is -2.44. The van der Waals surface area contributed by atoms with Crippen molar-refractivity contribution in [3.8, 4) is 6.07 Å². The maximum absolute atomic E-state index is 13.7. The molecule has 4 fully saturated rings. The molecule has 7 rings (SSSR count). The van der Waals surface area contributed by atoms with Crippen LogP contribution in [0.5, 0.6) is 0 Å². The minimum absolute atomic E-state index is 0.0461. The first-order valence-electron chi connectivity index (χ1n) is 19.9. The Morgan fingerprint density at radius 2 is 1.81 bits per heavy atom. The van der Waals surface area contributed by atoms with E-state index in [-0.39, 0.29) is 60.8 Å². The topological polar surface area (TPSA) is 156 Å². The van der Waals surface area contributed by atoms with Crippen LogP contribution in [0.1, 0.15) is 83.4 Å². The summed E-state index contributed by atoms with van der Waals surface area (Å²) in [7, 11) is 1.80. The Balaban J connectivity index is 0.875. The third-order valence-electron chi connectivity index (χ3n) is 12.3. The summed E-state index contributed by atoms with van der Waals surface area (Å²) >= 11 is 11.3. The van der Waals surface area contributed by atoms with Crippen molar-refractivity contribution in [1.82, 2.24) is 29.8 Å². The standard InChI is InChI=1S/C41H52ClN9O5S/c1-24-21-48(17-18-56-29-13-11-27(12-14-29)51-40(57)50(39(55)41(51,3)4)28-10-9-26(20-43)32(42)19-28)22-25(2)49(24)23-35(53)44-33-8-6-7-30-36(46-47(5)37(30)33)31-15-16-34(52)45-38(31)54/h6-10,19,24-25,27,29,31,40,57H,11-18,21-23H2,1-5H3,(H,44,53)(H,45,52,54)/t24-,25+,27?,29?,31?,40?. The van der Waals surface area contributed by atoms with Gasteiger partial charge in [0.15, 0.2) is 0 Å². The van der Waals surface area contributed by atoms with Crippen molar-refractivity contribution in [2.24, 2.45) is 7.05 Å². The van der Waals surface area contributed by atoms with E-state index in [0.717, 1.165) is 56.2 Å². The summed E-state index contributed by atoms with van der Waals surface area (Å²) < 4.78 is 8.12. The number of anilines is 2. The quantitative estimate of drug-likeness (QED) is 0.195. The summed E-state index contributed by atoms with van der Waals surface area (Å²) in [5.74, 6) is -1.29. The summed E-state index contributed by atoms with van der Waals surface area (Å²) in [4.78, 5) is 60.0. The maximum Gasteiger partial charge on any atom is 0.249 e. The predicted octanol–water partition coefficient (Wildman–Crippen LogP) is 4.62. The van der Waals surface area contributed by atoms with E-state index in [1.54, 1.807) is 34.8 Å². The number of piperazine rings is 1. The largest absolute Gasteiger partial charge is 0.377 e. The van der Waals surface area contributed by atoms with Crippen LogP contribution in [0.3, 0.4) is 0 Å². The average Bonchev–Trinajstić information content (AvgIpc) is 3.58. The molecule has 57 heavy (non-hydrogen) atoms. The van der Waals surface area contributed by atoms with Crippen molar-refractivity contribution < 1.29 is 23.9 Å². The molecule has 3 saturated heterocycles. The van der Waals surface area contributed by atoms with Crippen LogP contribution < -0.4 is 15.5 Å². The number of hydrogen-bond acceptors (Lipinski definition) is 11. The molecule has 1 aliphatic carbocycles. The minimum Gasteiger partial charge on any atom is -0.377 e. The summed E-state index contributed by atoms with van der Waals surface area (Å²) in [6.07, 6.45) is 4.41. The predicted molar refractivity (Wildman–Crippen MR) is 221 cm³/mol. The van der Waals surface area contributed by atoms with Gasteiger partial charge in [0.2, 0.25) is 23.6 Å². The number of nitrogens with one attached hydrogen (secondary N) is 2. The Hall–Kier alpha value is -4.04. The van der Waals surface area contributed by atoms with E-state index in [1.807, 2.05) is 32.0 Å². The smallest absolute Gasteiger partial charge is 0.249 e. The Morgan fingerprint density at radius 1 is 1.09 bits per heavy atom. The van der Waals surface area contributed by atoms with Crippen LogP contribution in [0, 0.1) is 11.3 Å². The van der Waals surface area contributed by atoms with Gasteiger partial charge in [0, 0.05) is 62.3 Å². The number of amides is 4. The lowest BCUT2D eigenvalue weighted by atomic mass is 9.89. The summed E-state index contributed by atoms with van der Waals surface area (Å²) in [5.41, 5.74) is 1.77. The van der Waals surface area contributed by atoms with Gasteiger partial charge in [-0.3, -0.25) is 48.8 Å². The van der Waals surface area contributed by atoms with Crippen molar-refractivity contribution in [1.29, 1.82) is 5.26 Å². The molecule has 304 valence electrons. The fourth-order valence-corrected chi connectivity index (χ4v) is 10.3. The number of ether oxygens (including phenoxy) is 1. The van der Waals surface area contributed by atoms with E-state index in [9.17, 15) is 24.4 Å². The molecule has 1 saturated carbocycles. The number of carbonyl (C=O) groups is 4. The maximum atomic E-state index is 13.7. The first kappa shape index (κ1) is 41.1. The molecule has 2 aromatic carbocycles. The zero-order valence-electron chi connectivity index (χ0n) is 33.2. The van der Waals surface area contributed by atoms with Gasteiger partial charge < -0.3 is 10.1 Å². The van der Waals surface area contributed by atoms with Gasteiger partial charge in [0.05, 0.1) is 58.2 Å². The first-order valence-corrected chi connectivity index (χ1v) is 20.8. The van der Waals surface area contributed by atoms with Gasteiger partial charge in [0.1, 0.15) is 11.6 Å². The summed E-state index contributed by atoms with van der Waals surface area (Å²) in [5, 5.41) is 20.6. The number of hydrogen-bond donors (Lipinski definition) is 3. The Bertz CT molecular complexity index is 2080. The SMILES string of the molecule is C[C@@H]1CN(CCOC2CCC(N3C(S)N(c4ccc(C#N)c(Cl)c4)C(=O)C3(C)C)CC2)C[C@H](C)N1CC(=O)Nc1cccc2c(C3CCC(=O)NC3=O)nn(C)c12. The molecule has 3 aliphatic heterocycles. The highest BCUT2D eigenvalue weighted by Crippen LogP contribution is 2.42. The zero-order chi connectivity index (χ0) is 40.8. The number of para-hydroxylation sites is 1. The Morgan fingerprint density at radius 3 is 2.47 bits per heavy atom. The number of nitrogens with zero attached hydrogens (tertiary/aromatic N) is 7. The van der Waals surface area contributed by atoms with Crippen LogP contribution in [-0.4, -0.2) is 116 Å². The second-order valence-corrected chi connectivity index (χ2v) is 17.3. The number of thiol groups is 1. The molecule has 2 N–H and O–H groups in total. The number of nitriles is 1. The number of piperidine rings is 1. The van der Waals surface area contributed by atoms with Crippen molar-refractivity contribution in [2.75, 3.05) is 43.0 Å². The lowest BCUT2D eigenvalue weighted by Crippen LogP contribution is -2.58. The Kier molecular flexibility index (Phi) is 12.0. The van der Waals surface area contributed by atoms with Crippen LogP contribution >= 0.6 is 24.2 Å². The highest BCUT2D eigenvalue weighted by Gasteiger charge is 2.54. The fraction of sp³-hybridized carbons (Fsp3) is 0.561. The number of carbonyl (C=O) groups excluding carboxylic acids is 4. The molecule has 4 aliphatic rings. The van der Waals surface area contributed by atoms with Gasteiger partial charge in [-0.05, 0) is 84.1 Å². The van der Waals surface area contributed by atoms with Crippen LogP contribution in [0.25, 0.3) is 10.9 Å². The van der Waals surface area contributed by atoms with Crippen molar-refractivity contribution in [3.05, 3.63) is 52.7 Å². The highest BCUT2D eigenvalue weighted by molar-refractivity contribution is 7.81. The molecule has 0 spiro atoms. The average molecular weight is 818 g/mol. The summed E-state index contributed by atoms with van der Waals surface area (Å²) in [6, 6.07) is 13.2. The van der Waals surface area contributed by atoms with E-state index < -0.39 is 17.0 Å². The minimum atomic E-state index is -0.752. The van der Waals surface area contributed by atoms with E-state index in [4.69, 9.17) is 29.0 Å². The van der Waals surface area contributed by atoms with E-state index >= 15 is 0 Å². The molecular formula is C41H52ClN9O5S. The molecule has 4 atom stereocenters. The monoisotopic (exact) mass is 817 g/mol. The molecule has 0 radical (unpaired) electrons. The third-order valence-corrected chi connectivity index (χ3v) is 13.0. The normalized spacial score (nSPS) is 27.5. The van der Waals surface area contributed by atoms with Crippen LogP contribution in [0.4, 0.5) is 11.4 Å². The van der Waals surface area contributed by atoms with Gasteiger partial charge in [-0.15, -0.1) is 12.6 Å². The molecule has 2 unspecified atom stereocenters. The molecule has 14 nitrogen and oxygen atoms in total. The van der Waals surface area contributed by atoms with E-state index in [1.165, 1.54) is 0 Å². The number of fused-ring (bicyclic) bond motifs is 1. The fourth-order valence-electron chi connectivity index (χ4n) is 9.39. The van der Waals surface area contributed by atoms with E-state index in [2.05, 4.69) is 50.3 Å². The third kappa shape index (κ3) is 8.17. The molecule has 1 aromatic heterocycles. The van der Waals surface area contributed by atoms with Gasteiger partial charge in [-0.2, -0.15) is 10.4 Å². The van der Waals surface area contributed by atoms with Crippen molar-refractivity contribution >= 4 is 70.1 Å². The molecule has 16 heteroatoms. The highest BCUT2D eigenvalue weighted by atomic mass is 35.5. The van der Waals surface area contributed by atoms with Crippen LogP contribution in [-0.2, 0) is 31.0 Å². The number of imide groups is 1. The van der Waals surface area contributed by atoms with E-state index in [0.29, 0.717) is 40.7 Å². The number of benzene rings is 2. The van der Waals surface area contributed by atoms with Crippen LogP contribution in [0.2, 0.25) is 5.02 Å². The number of halogens is 1. The Labute approximate surface area is 344 Å². The van der Waals surface area contributed by atoms with Gasteiger partial charge >= 0.3 is 0 Å². The zero-order valence-corrected chi connectivity index (χ0v) is 34.9. The van der Waals surface area contributed by atoms with Crippen molar-refractivity contribution in [2.45, 2.75) is 107 Å². The molecule has 4 heterocycles.